The summed E-state index contributed by atoms with van der Waals surface area (Å²) in [5.41, 5.74) is 5.49. The second kappa shape index (κ2) is 8.63. The van der Waals surface area contributed by atoms with Gasteiger partial charge in [-0.3, -0.25) is 4.79 Å². The number of nitrogens with zero attached hydrogens (tertiary/aromatic N) is 2. The lowest BCUT2D eigenvalue weighted by Gasteiger charge is -2.35. The van der Waals surface area contributed by atoms with E-state index in [4.69, 9.17) is 5.73 Å². The quantitative estimate of drug-likeness (QED) is 0.836. The van der Waals surface area contributed by atoms with E-state index in [1.54, 1.807) is 0 Å². The number of rotatable bonds is 5. The molecule has 20 heavy (non-hydrogen) atoms. The van der Waals surface area contributed by atoms with Crippen molar-refractivity contribution in [3.63, 3.8) is 0 Å². The van der Waals surface area contributed by atoms with Crippen molar-refractivity contribution in [3.05, 3.63) is 0 Å². The molecule has 0 spiro atoms. The van der Waals surface area contributed by atoms with E-state index < -0.39 is 0 Å². The molecule has 2 aliphatic rings. The molecule has 2 fully saturated rings. The predicted molar refractivity (Wildman–Crippen MR) is 82.5 cm³/mol. The first kappa shape index (κ1) is 15.8. The Bertz CT molecular complexity index is 287. The summed E-state index contributed by atoms with van der Waals surface area (Å²) in [6, 6.07) is 0. The van der Waals surface area contributed by atoms with E-state index in [2.05, 4.69) is 9.80 Å². The maximum absolute atomic E-state index is 12.1. The van der Waals surface area contributed by atoms with Gasteiger partial charge in [0.2, 0.25) is 5.91 Å². The third-order valence-electron chi connectivity index (χ3n) is 4.68. The van der Waals surface area contributed by atoms with Crippen LogP contribution in [0.1, 0.15) is 51.4 Å². The van der Waals surface area contributed by atoms with Crippen LogP contribution in [0.25, 0.3) is 0 Å². The third kappa shape index (κ3) is 5.06. The minimum atomic E-state index is 0.316. The number of carbonyl (C=O) groups is 1. The van der Waals surface area contributed by atoms with E-state index in [1.165, 1.54) is 58.2 Å². The monoisotopic (exact) mass is 281 g/mol. The van der Waals surface area contributed by atoms with Crippen LogP contribution in [0.15, 0.2) is 0 Å². The van der Waals surface area contributed by atoms with Crippen molar-refractivity contribution < 1.29 is 4.79 Å². The molecular weight excluding hydrogens is 250 g/mol. The molecular formula is C16H31N3O. The van der Waals surface area contributed by atoms with Crippen molar-refractivity contribution in [3.8, 4) is 0 Å². The molecule has 0 bridgehead atoms. The van der Waals surface area contributed by atoms with E-state index >= 15 is 0 Å². The van der Waals surface area contributed by atoms with Crippen molar-refractivity contribution in [2.75, 3.05) is 39.3 Å². The number of piperidine rings is 1. The van der Waals surface area contributed by atoms with Crippen molar-refractivity contribution in [1.82, 2.24) is 9.80 Å². The topological polar surface area (TPSA) is 49.6 Å². The third-order valence-corrected chi connectivity index (χ3v) is 4.68. The van der Waals surface area contributed by atoms with Crippen LogP contribution in [0.4, 0.5) is 0 Å². The lowest BCUT2D eigenvalue weighted by atomic mass is 9.97. The van der Waals surface area contributed by atoms with Gasteiger partial charge in [-0.05, 0) is 57.7 Å². The summed E-state index contributed by atoms with van der Waals surface area (Å²) in [7, 11) is 0. The molecule has 0 aromatic carbocycles. The molecule has 0 saturated carbocycles. The summed E-state index contributed by atoms with van der Waals surface area (Å²) in [4.78, 5) is 16.8. The molecule has 1 unspecified atom stereocenters. The van der Waals surface area contributed by atoms with Gasteiger partial charge in [-0.2, -0.15) is 0 Å². The summed E-state index contributed by atoms with van der Waals surface area (Å²) in [6.07, 6.45) is 9.41. The molecule has 2 heterocycles. The van der Waals surface area contributed by atoms with Gasteiger partial charge in [-0.25, -0.2) is 0 Å². The molecule has 1 atom stereocenters. The molecule has 0 aromatic heterocycles. The minimum Gasteiger partial charge on any atom is -0.342 e. The van der Waals surface area contributed by atoms with Crippen LogP contribution in [0.2, 0.25) is 0 Å². The number of carbonyl (C=O) groups excluding carboxylic acids is 1. The highest BCUT2D eigenvalue weighted by Gasteiger charge is 2.25. The second-order valence-electron chi connectivity index (χ2n) is 6.46. The smallest absolute Gasteiger partial charge is 0.222 e. The van der Waals surface area contributed by atoms with Crippen molar-refractivity contribution in [2.24, 2.45) is 11.7 Å². The zero-order valence-electron chi connectivity index (χ0n) is 12.9. The maximum atomic E-state index is 12.1. The normalized spacial score (nSPS) is 25.4. The Morgan fingerprint density at radius 1 is 1.05 bits per heavy atom. The van der Waals surface area contributed by atoms with Gasteiger partial charge < -0.3 is 15.5 Å². The average molecular weight is 281 g/mol. The minimum absolute atomic E-state index is 0.316. The average Bonchev–Trinajstić information content (AvgIpc) is 2.73. The number of likely N-dealkylation sites (tertiary alicyclic amines) is 2. The van der Waals surface area contributed by atoms with Crippen LogP contribution in [0, 0.1) is 5.92 Å². The van der Waals surface area contributed by atoms with Gasteiger partial charge >= 0.3 is 0 Å². The Kier molecular flexibility index (Phi) is 6.80. The summed E-state index contributed by atoms with van der Waals surface area (Å²) in [5.74, 6) is 1.000. The van der Waals surface area contributed by atoms with Crippen molar-refractivity contribution in [1.29, 1.82) is 0 Å². The summed E-state index contributed by atoms with van der Waals surface area (Å²) in [5, 5.41) is 0. The molecule has 0 aliphatic carbocycles. The summed E-state index contributed by atoms with van der Waals surface area (Å²) < 4.78 is 0. The van der Waals surface area contributed by atoms with Gasteiger partial charge in [0.1, 0.15) is 0 Å². The van der Waals surface area contributed by atoms with E-state index in [1.807, 2.05) is 0 Å². The van der Waals surface area contributed by atoms with Crippen LogP contribution in [-0.4, -0.2) is 55.0 Å². The fourth-order valence-corrected chi connectivity index (χ4v) is 3.54. The Hall–Kier alpha value is -0.610. The molecule has 116 valence electrons. The number of hydrogen-bond acceptors (Lipinski definition) is 3. The highest BCUT2D eigenvalue weighted by Crippen LogP contribution is 2.20. The first-order valence-corrected chi connectivity index (χ1v) is 8.50. The van der Waals surface area contributed by atoms with Crippen LogP contribution in [-0.2, 0) is 4.79 Å². The van der Waals surface area contributed by atoms with Gasteiger partial charge in [-0.15, -0.1) is 0 Å². The molecule has 1 amide bonds. The second-order valence-corrected chi connectivity index (χ2v) is 6.46. The highest BCUT2D eigenvalue weighted by molar-refractivity contribution is 5.76. The predicted octanol–water partition coefficient (Wildman–Crippen LogP) is 1.84. The fourth-order valence-electron chi connectivity index (χ4n) is 3.54. The first-order valence-electron chi connectivity index (χ1n) is 8.50. The van der Waals surface area contributed by atoms with E-state index in [-0.39, 0.29) is 0 Å². The maximum Gasteiger partial charge on any atom is 0.222 e. The van der Waals surface area contributed by atoms with Gasteiger partial charge in [-0.1, -0.05) is 12.8 Å². The number of amides is 1. The number of nitrogens with two attached hydrogens (primary N) is 1. The standard InChI is InChI=1S/C16H31N3O/c17-9-5-8-16(20)19-12-6-7-15(14-19)13-18-10-3-1-2-4-11-18/h15H,1-14,17H2. The van der Waals surface area contributed by atoms with Gasteiger partial charge in [0.05, 0.1) is 0 Å². The molecule has 2 rings (SSSR count). The molecule has 2 aliphatic heterocycles. The Morgan fingerprint density at radius 2 is 1.80 bits per heavy atom. The highest BCUT2D eigenvalue weighted by atomic mass is 16.2. The fraction of sp³-hybridized carbons (Fsp3) is 0.938. The van der Waals surface area contributed by atoms with Gasteiger partial charge in [0.25, 0.3) is 0 Å². The summed E-state index contributed by atoms with van der Waals surface area (Å²) in [6.45, 7) is 6.27. The van der Waals surface area contributed by atoms with Crippen LogP contribution >= 0.6 is 0 Å². The van der Waals surface area contributed by atoms with E-state index in [0.717, 1.165) is 19.5 Å². The van der Waals surface area contributed by atoms with Crippen LogP contribution in [0.5, 0.6) is 0 Å². The van der Waals surface area contributed by atoms with E-state index in [0.29, 0.717) is 24.8 Å². The van der Waals surface area contributed by atoms with E-state index in [9.17, 15) is 4.79 Å². The van der Waals surface area contributed by atoms with Gasteiger partial charge in [0.15, 0.2) is 0 Å². The molecule has 4 heteroatoms. The lowest BCUT2D eigenvalue weighted by Crippen LogP contribution is -2.44. The van der Waals surface area contributed by atoms with Crippen LogP contribution in [0.3, 0.4) is 0 Å². The van der Waals surface area contributed by atoms with Crippen molar-refractivity contribution >= 4 is 5.91 Å². The van der Waals surface area contributed by atoms with Crippen molar-refractivity contribution in [2.45, 2.75) is 51.4 Å². The Morgan fingerprint density at radius 3 is 2.50 bits per heavy atom. The molecule has 4 nitrogen and oxygen atoms in total. The molecule has 2 saturated heterocycles. The Balaban J connectivity index is 1.76. The molecule has 0 aromatic rings. The summed E-state index contributed by atoms with van der Waals surface area (Å²) >= 11 is 0. The first-order chi connectivity index (χ1) is 9.79. The number of hydrogen-bond donors (Lipinski definition) is 1. The van der Waals surface area contributed by atoms with Crippen LogP contribution < -0.4 is 5.73 Å². The lowest BCUT2D eigenvalue weighted by molar-refractivity contribution is -0.133. The zero-order chi connectivity index (χ0) is 14.2. The molecule has 0 radical (unpaired) electrons. The molecule has 2 N–H and O–H groups in total. The SMILES string of the molecule is NCCCC(=O)N1CCCC(CN2CCCCCC2)C1. The zero-order valence-corrected chi connectivity index (χ0v) is 12.9. The Labute approximate surface area is 123 Å². The van der Waals surface area contributed by atoms with Gasteiger partial charge in [0, 0.05) is 26.1 Å². The largest absolute Gasteiger partial charge is 0.342 e.